The largest absolute Gasteiger partial charge is 0.484 e. The van der Waals surface area contributed by atoms with Gasteiger partial charge in [-0.25, -0.2) is 0 Å². The number of hydrogen-bond donors (Lipinski definition) is 1. The smallest absolute Gasteiger partial charge is 0.258 e. The van der Waals surface area contributed by atoms with Crippen LogP contribution in [0.25, 0.3) is 0 Å². The first-order valence-corrected chi connectivity index (χ1v) is 9.84. The number of hydrogen-bond acceptors (Lipinski definition) is 2. The maximum atomic E-state index is 12.2. The van der Waals surface area contributed by atoms with Crippen molar-refractivity contribution in [3.8, 4) is 0 Å². The molecule has 3 nitrogen and oxygen atoms in total. The molecule has 1 N–H and O–H groups in total. The molecule has 4 rings (SSSR count). The Hall–Kier alpha value is -1.25. The molecule has 3 heteroatoms. The zero-order valence-electron chi connectivity index (χ0n) is 15.4. The molecule has 0 spiro atoms. The zero-order valence-corrected chi connectivity index (χ0v) is 15.4. The van der Waals surface area contributed by atoms with Crippen LogP contribution in [0.5, 0.6) is 0 Å². The van der Waals surface area contributed by atoms with Gasteiger partial charge >= 0.3 is 0 Å². The molecule has 4 fully saturated rings. The van der Waals surface area contributed by atoms with E-state index < -0.39 is 0 Å². The fourth-order valence-electron chi connectivity index (χ4n) is 5.37. The molecule has 2 bridgehead atoms. The second-order valence-electron chi connectivity index (χ2n) is 8.24. The Morgan fingerprint density at radius 1 is 1.08 bits per heavy atom. The molecule has 4 saturated carbocycles. The standard InChI is InChI=1S/C21H33NO2/c1-3-10-18(4-2)24-13-19(23)22-21-14-20(15-21,16-21)17-11-8-6-5-7-9-12-17/h3-4,10,17H,5-9,11-16H2,1-2H3,(H,22,23)/b10-3-,18-4+. The molecule has 4 aliphatic rings. The summed E-state index contributed by atoms with van der Waals surface area (Å²) in [5.41, 5.74) is 0.685. The molecule has 134 valence electrons. The van der Waals surface area contributed by atoms with Crippen molar-refractivity contribution >= 4 is 5.91 Å². The van der Waals surface area contributed by atoms with E-state index >= 15 is 0 Å². The Labute approximate surface area is 146 Å². The highest BCUT2D eigenvalue weighted by molar-refractivity contribution is 5.79. The van der Waals surface area contributed by atoms with E-state index in [9.17, 15) is 4.79 Å². The number of nitrogens with one attached hydrogen (secondary N) is 1. The van der Waals surface area contributed by atoms with Gasteiger partial charge < -0.3 is 10.1 Å². The summed E-state index contributed by atoms with van der Waals surface area (Å²) in [6.45, 7) is 4.00. The minimum absolute atomic E-state index is 0.0322. The molecule has 0 unspecified atom stereocenters. The second kappa shape index (κ2) is 7.33. The summed E-state index contributed by atoms with van der Waals surface area (Å²) < 4.78 is 5.56. The fourth-order valence-corrected chi connectivity index (χ4v) is 5.37. The third-order valence-electron chi connectivity index (χ3n) is 6.43. The predicted octanol–water partition coefficient (Wildman–Crippen LogP) is 4.88. The molecule has 0 aromatic rings. The molecule has 4 aliphatic carbocycles. The van der Waals surface area contributed by atoms with E-state index in [0.29, 0.717) is 5.41 Å². The number of allylic oxidation sites excluding steroid dienone is 3. The molecule has 0 radical (unpaired) electrons. The van der Waals surface area contributed by atoms with Gasteiger partial charge in [-0.15, -0.1) is 0 Å². The summed E-state index contributed by atoms with van der Waals surface area (Å²) in [4.78, 5) is 12.2. The Morgan fingerprint density at radius 3 is 2.29 bits per heavy atom. The second-order valence-corrected chi connectivity index (χ2v) is 8.24. The lowest BCUT2D eigenvalue weighted by atomic mass is 9.35. The molecule has 1 amide bonds. The molecule has 0 aromatic carbocycles. The number of carbonyl (C=O) groups is 1. The highest BCUT2D eigenvalue weighted by Crippen LogP contribution is 2.72. The van der Waals surface area contributed by atoms with Crippen molar-refractivity contribution in [3.05, 3.63) is 24.0 Å². The van der Waals surface area contributed by atoms with Gasteiger partial charge in [-0.3, -0.25) is 4.79 Å². The predicted molar refractivity (Wildman–Crippen MR) is 97.5 cm³/mol. The van der Waals surface area contributed by atoms with Gasteiger partial charge in [0, 0.05) is 5.54 Å². The SMILES string of the molecule is C/C=C\C(=C/C)OCC(=O)NC12CC(C3CCCCCCC3)(C1)C2. The summed E-state index contributed by atoms with van der Waals surface area (Å²) in [6.07, 6.45) is 19.3. The van der Waals surface area contributed by atoms with Crippen LogP contribution in [-0.2, 0) is 9.53 Å². The zero-order chi connectivity index (χ0) is 17.0. The van der Waals surface area contributed by atoms with Gasteiger partial charge in [-0.2, -0.15) is 0 Å². The van der Waals surface area contributed by atoms with Crippen LogP contribution in [0.3, 0.4) is 0 Å². The Kier molecular flexibility index (Phi) is 5.36. The van der Waals surface area contributed by atoms with Gasteiger partial charge in [-0.1, -0.05) is 38.2 Å². The number of amides is 1. The van der Waals surface area contributed by atoms with Crippen molar-refractivity contribution in [1.29, 1.82) is 0 Å². The molecule has 0 atom stereocenters. The Balaban J connectivity index is 1.42. The highest BCUT2D eigenvalue weighted by atomic mass is 16.5. The molecule has 0 saturated heterocycles. The average Bonchev–Trinajstić information content (AvgIpc) is 2.46. The molecule has 0 heterocycles. The number of rotatable bonds is 6. The lowest BCUT2D eigenvalue weighted by molar-refractivity contribution is -0.198. The van der Waals surface area contributed by atoms with Crippen LogP contribution < -0.4 is 5.32 Å². The summed E-state index contributed by atoms with van der Waals surface area (Å²) in [7, 11) is 0. The maximum absolute atomic E-state index is 12.2. The van der Waals surface area contributed by atoms with Gasteiger partial charge in [0.15, 0.2) is 6.61 Å². The van der Waals surface area contributed by atoms with Crippen molar-refractivity contribution in [2.45, 2.75) is 83.6 Å². The Bertz CT molecular complexity index is 492. The van der Waals surface area contributed by atoms with Crippen molar-refractivity contribution in [1.82, 2.24) is 5.32 Å². The quantitative estimate of drug-likeness (QED) is 0.556. The monoisotopic (exact) mass is 331 g/mol. The van der Waals surface area contributed by atoms with Crippen LogP contribution in [0, 0.1) is 11.3 Å². The van der Waals surface area contributed by atoms with Crippen LogP contribution in [0.15, 0.2) is 24.0 Å². The van der Waals surface area contributed by atoms with Crippen molar-refractivity contribution < 1.29 is 9.53 Å². The number of ether oxygens (including phenoxy) is 1. The van der Waals surface area contributed by atoms with Gasteiger partial charge in [0.1, 0.15) is 5.76 Å². The van der Waals surface area contributed by atoms with E-state index in [4.69, 9.17) is 4.74 Å². The molecular weight excluding hydrogens is 298 g/mol. The van der Waals surface area contributed by atoms with E-state index in [2.05, 4.69) is 5.32 Å². The number of carbonyl (C=O) groups excluding carboxylic acids is 1. The first kappa shape index (κ1) is 17.6. The summed E-state index contributed by atoms with van der Waals surface area (Å²) >= 11 is 0. The molecule has 24 heavy (non-hydrogen) atoms. The van der Waals surface area contributed by atoms with Gasteiger partial charge in [-0.05, 0) is 69.4 Å². The average molecular weight is 332 g/mol. The van der Waals surface area contributed by atoms with Crippen LogP contribution in [0.1, 0.15) is 78.1 Å². The van der Waals surface area contributed by atoms with Gasteiger partial charge in [0.2, 0.25) is 0 Å². The van der Waals surface area contributed by atoms with Crippen molar-refractivity contribution in [2.75, 3.05) is 6.61 Å². The van der Waals surface area contributed by atoms with E-state index in [1.807, 2.05) is 32.1 Å². The maximum Gasteiger partial charge on any atom is 0.258 e. The highest BCUT2D eigenvalue weighted by Gasteiger charge is 2.70. The summed E-state index contributed by atoms with van der Waals surface area (Å²) in [6, 6.07) is 0. The molecule has 0 aromatic heterocycles. The van der Waals surface area contributed by atoms with Gasteiger partial charge in [0.05, 0.1) is 0 Å². The fraction of sp³-hybridized carbons (Fsp3) is 0.762. The minimum atomic E-state index is 0.0322. The van der Waals surface area contributed by atoms with Crippen LogP contribution in [0.2, 0.25) is 0 Å². The normalized spacial score (nSPS) is 34.0. The summed E-state index contributed by atoms with van der Waals surface area (Å²) in [5.74, 6) is 1.71. The molecular formula is C21H33NO2. The van der Waals surface area contributed by atoms with Crippen molar-refractivity contribution in [3.63, 3.8) is 0 Å². The van der Waals surface area contributed by atoms with E-state index in [-0.39, 0.29) is 18.1 Å². The van der Waals surface area contributed by atoms with E-state index in [0.717, 1.165) is 11.7 Å². The van der Waals surface area contributed by atoms with Gasteiger partial charge in [0.25, 0.3) is 5.91 Å². The lowest BCUT2D eigenvalue weighted by Gasteiger charge is -2.73. The Morgan fingerprint density at radius 2 is 1.71 bits per heavy atom. The van der Waals surface area contributed by atoms with E-state index in [1.54, 1.807) is 0 Å². The summed E-state index contributed by atoms with van der Waals surface area (Å²) in [5, 5.41) is 3.26. The van der Waals surface area contributed by atoms with Crippen LogP contribution in [-0.4, -0.2) is 18.1 Å². The van der Waals surface area contributed by atoms with Crippen LogP contribution >= 0.6 is 0 Å². The van der Waals surface area contributed by atoms with E-state index in [1.165, 1.54) is 64.2 Å². The van der Waals surface area contributed by atoms with Crippen molar-refractivity contribution in [2.24, 2.45) is 11.3 Å². The lowest BCUT2D eigenvalue weighted by Crippen LogP contribution is -2.76. The first-order valence-electron chi connectivity index (χ1n) is 9.84. The van der Waals surface area contributed by atoms with Crippen LogP contribution in [0.4, 0.5) is 0 Å². The topological polar surface area (TPSA) is 38.3 Å². The molecule has 0 aliphatic heterocycles. The third kappa shape index (κ3) is 3.55. The minimum Gasteiger partial charge on any atom is -0.484 e. The third-order valence-corrected chi connectivity index (χ3v) is 6.43. The first-order chi connectivity index (χ1) is 11.6.